The summed E-state index contributed by atoms with van der Waals surface area (Å²) in [6, 6.07) is 8.62. The van der Waals surface area contributed by atoms with Crippen LogP contribution < -0.4 is 4.90 Å². The third-order valence-corrected chi connectivity index (χ3v) is 7.20. The molecule has 41 heavy (non-hydrogen) atoms. The largest absolute Gasteiger partial charge is 0.350 e. The summed E-state index contributed by atoms with van der Waals surface area (Å²) in [5.74, 6) is -1.14. The van der Waals surface area contributed by atoms with Crippen molar-refractivity contribution < 1.29 is 18.4 Å². The Balaban J connectivity index is 1.95. The predicted molar refractivity (Wildman–Crippen MR) is 156 cm³/mol. The number of aryl methyl sites for hydroxylation is 1. The second kappa shape index (κ2) is 12.4. The number of carbonyl (C=O) groups is 2. The second-order valence-electron chi connectivity index (χ2n) is 10.2. The summed E-state index contributed by atoms with van der Waals surface area (Å²) in [7, 11) is 1.58. The number of hydrogen-bond donors (Lipinski definition) is 0. The minimum Gasteiger partial charge on any atom is -0.350 e. The molecule has 10 heteroatoms. The van der Waals surface area contributed by atoms with Crippen LogP contribution in [0, 0.1) is 18.6 Å². The molecule has 2 aromatic heterocycles. The van der Waals surface area contributed by atoms with E-state index in [1.54, 1.807) is 30.3 Å². The molecule has 0 saturated carbocycles. The highest BCUT2D eigenvalue weighted by Crippen LogP contribution is 2.37. The Morgan fingerprint density at radius 2 is 1.93 bits per heavy atom. The lowest BCUT2D eigenvalue weighted by Gasteiger charge is -2.41. The zero-order valence-corrected chi connectivity index (χ0v) is 23.9. The first-order valence-corrected chi connectivity index (χ1v) is 13.4. The normalized spacial score (nSPS) is 15.7. The van der Waals surface area contributed by atoms with Crippen LogP contribution in [0.1, 0.15) is 43.5 Å². The van der Waals surface area contributed by atoms with E-state index < -0.39 is 11.6 Å². The van der Waals surface area contributed by atoms with Crippen molar-refractivity contribution in [2.75, 3.05) is 31.6 Å². The minimum atomic E-state index is -0.763. The zero-order chi connectivity index (χ0) is 29.8. The summed E-state index contributed by atoms with van der Waals surface area (Å²) in [5.41, 5.74) is 1.93. The number of pyridine rings is 2. The van der Waals surface area contributed by atoms with Gasteiger partial charge in [0.2, 0.25) is 12.3 Å². The summed E-state index contributed by atoms with van der Waals surface area (Å²) in [4.78, 5) is 43.7. The highest BCUT2D eigenvalue weighted by molar-refractivity contribution is 6.07. The average Bonchev–Trinajstić information content (AvgIpc) is 2.96. The number of benzene rings is 1. The molecular formula is C31H34F2N6O2. The summed E-state index contributed by atoms with van der Waals surface area (Å²) in [6.07, 6.45) is 3.56. The lowest BCUT2D eigenvalue weighted by Crippen LogP contribution is -2.55. The van der Waals surface area contributed by atoms with Crippen LogP contribution in [-0.2, 0) is 9.59 Å². The molecule has 3 heterocycles. The number of rotatable bonds is 7. The molecule has 0 spiro atoms. The van der Waals surface area contributed by atoms with Crippen LogP contribution in [-0.4, -0.2) is 70.6 Å². The number of amides is 2. The number of nitrogens with zero attached hydrogens (tertiary/aromatic N) is 6. The lowest BCUT2D eigenvalue weighted by molar-refractivity contribution is -0.128. The first-order chi connectivity index (χ1) is 19.6. The SMILES string of the molecule is C=CC(=O)N1CCN(/C(=N/C)c2cc(F)c(-c3ccccc3F)nc2N(C=O)c2c(C)ccnc2C(C)C)C(C)C1. The van der Waals surface area contributed by atoms with E-state index in [-0.39, 0.29) is 40.5 Å². The van der Waals surface area contributed by atoms with Crippen LogP contribution in [0.5, 0.6) is 0 Å². The van der Waals surface area contributed by atoms with Crippen LogP contribution in [0.25, 0.3) is 11.3 Å². The Labute approximate surface area is 239 Å². The van der Waals surface area contributed by atoms with Gasteiger partial charge in [-0.15, -0.1) is 0 Å². The van der Waals surface area contributed by atoms with Crippen molar-refractivity contribution in [3.63, 3.8) is 0 Å². The number of halogens is 2. The van der Waals surface area contributed by atoms with E-state index in [0.29, 0.717) is 43.3 Å². The molecule has 1 aliphatic rings. The van der Waals surface area contributed by atoms with Gasteiger partial charge in [0.25, 0.3) is 0 Å². The summed E-state index contributed by atoms with van der Waals surface area (Å²) < 4.78 is 30.7. The fourth-order valence-corrected chi connectivity index (χ4v) is 5.19. The molecule has 1 aliphatic heterocycles. The predicted octanol–water partition coefficient (Wildman–Crippen LogP) is 5.24. The lowest BCUT2D eigenvalue weighted by atomic mass is 10.0. The molecule has 2 amide bonds. The van der Waals surface area contributed by atoms with Gasteiger partial charge in [0.1, 0.15) is 23.2 Å². The van der Waals surface area contributed by atoms with Crippen molar-refractivity contribution in [1.29, 1.82) is 0 Å². The quantitative estimate of drug-likeness (QED) is 0.171. The molecule has 0 bridgehead atoms. The number of carbonyl (C=O) groups excluding carboxylic acids is 2. The molecule has 0 aliphatic carbocycles. The van der Waals surface area contributed by atoms with E-state index in [1.165, 1.54) is 35.2 Å². The van der Waals surface area contributed by atoms with Crippen LogP contribution in [0.3, 0.4) is 0 Å². The van der Waals surface area contributed by atoms with Crippen molar-refractivity contribution in [1.82, 2.24) is 19.8 Å². The Bertz CT molecular complexity index is 1510. The third kappa shape index (κ3) is 5.73. The summed E-state index contributed by atoms with van der Waals surface area (Å²) in [6.45, 7) is 12.5. The monoisotopic (exact) mass is 560 g/mol. The number of anilines is 2. The van der Waals surface area contributed by atoms with Gasteiger partial charge in [-0.3, -0.25) is 24.5 Å². The van der Waals surface area contributed by atoms with Gasteiger partial charge < -0.3 is 9.80 Å². The maximum absolute atomic E-state index is 15.8. The van der Waals surface area contributed by atoms with E-state index in [0.717, 1.165) is 5.56 Å². The number of hydrogen-bond acceptors (Lipinski definition) is 5. The number of aliphatic imine (C=N–C) groups is 1. The molecule has 1 saturated heterocycles. The number of amidine groups is 1. The van der Waals surface area contributed by atoms with Crippen molar-refractivity contribution in [2.24, 2.45) is 4.99 Å². The Kier molecular flexibility index (Phi) is 8.90. The van der Waals surface area contributed by atoms with E-state index in [1.807, 2.05) is 32.6 Å². The van der Waals surface area contributed by atoms with Crippen molar-refractivity contribution in [3.8, 4) is 11.3 Å². The van der Waals surface area contributed by atoms with Gasteiger partial charge in [-0.1, -0.05) is 32.6 Å². The van der Waals surface area contributed by atoms with Crippen molar-refractivity contribution in [3.05, 3.63) is 83.7 Å². The van der Waals surface area contributed by atoms with Gasteiger partial charge in [0.15, 0.2) is 5.82 Å². The minimum absolute atomic E-state index is 0.0319. The van der Waals surface area contributed by atoms with Gasteiger partial charge in [0.05, 0.1) is 16.9 Å². The van der Waals surface area contributed by atoms with E-state index in [2.05, 4.69) is 21.5 Å². The van der Waals surface area contributed by atoms with Crippen LogP contribution in [0.15, 0.2) is 60.2 Å². The van der Waals surface area contributed by atoms with Gasteiger partial charge in [0, 0.05) is 44.5 Å². The fourth-order valence-electron chi connectivity index (χ4n) is 5.19. The van der Waals surface area contributed by atoms with E-state index in [9.17, 15) is 14.0 Å². The van der Waals surface area contributed by atoms with Crippen molar-refractivity contribution >= 4 is 29.7 Å². The third-order valence-electron chi connectivity index (χ3n) is 7.20. The zero-order valence-electron chi connectivity index (χ0n) is 23.9. The first kappa shape index (κ1) is 29.5. The molecule has 1 unspecified atom stereocenters. The van der Waals surface area contributed by atoms with Crippen LogP contribution in [0.4, 0.5) is 20.3 Å². The van der Waals surface area contributed by atoms with Gasteiger partial charge in [-0.05, 0) is 55.7 Å². The van der Waals surface area contributed by atoms with Crippen LogP contribution >= 0.6 is 0 Å². The molecule has 1 fully saturated rings. The Hall–Kier alpha value is -4.47. The molecule has 214 valence electrons. The summed E-state index contributed by atoms with van der Waals surface area (Å²) >= 11 is 0. The molecule has 0 N–H and O–H groups in total. The van der Waals surface area contributed by atoms with E-state index >= 15 is 4.39 Å². The Morgan fingerprint density at radius 3 is 2.54 bits per heavy atom. The molecule has 4 rings (SSSR count). The van der Waals surface area contributed by atoms with Gasteiger partial charge in [-0.2, -0.15) is 0 Å². The molecular weight excluding hydrogens is 526 g/mol. The topological polar surface area (TPSA) is 82.0 Å². The summed E-state index contributed by atoms with van der Waals surface area (Å²) in [5, 5.41) is 0. The molecule has 1 atom stereocenters. The van der Waals surface area contributed by atoms with E-state index in [4.69, 9.17) is 0 Å². The second-order valence-corrected chi connectivity index (χ2v) is 10.2. The van der Waals surface area contributed by atoms with Gasteiger partial charge >= 0.3 is 0 Å². The fraction of sp³-hybridized carbons (Fsp3) is 0.323. The first-order valence-electron chi connectivity index (χ1n) is 13.4. The highest BCUT2D eigenvalue weighted by atomic mass is 19.1. The maximum Gasteiger partial charge on any atom is 0.246 e. The van der Waals surface area contributed by atoms with Gasteiger partial charge in [-0.25, -0.2) is 13.8 Å². The smallest absolute Gasteiger partial charge is 0.246 e. The standard InChI is InChI=1S/C31H34F2N6O2/c1-7-26(41)37-14-15-38(21(5)17-37)30(34-6)23-16-25(33)28(22-10-8-9-11-24(22)32)36-31(23)39(18-40)29-20(4)12-13-35-27(29)19(2)3/h7-13,16,18-19,21H,1,14-15,17H2,2-6H3/b34-30+. The number of aromatic nitrogens is 2. The van der Waals surface area contributed by atoms with Crippen molar-refractivity contribution in [2.45, 2.75) is 39.7 Å². The Morgan fingerprint density at radius 1 is 1.20 bits per heavy atom. The van der Waals surface area contributed by atoms with Crippen LogP contribution in [0.2, 0.25) is 0 Å². The molecule has 1 aromatic carbocycles. The molecule has 3 aromatic rings. The molecule has 8 nitrogen and oxygen atoms in total. The highest BCUT2D eigenvalue weighted by Gasteiger charge is 2.33. The average molecular weight is 561 g/mol. The number of piperazine rings is 1. The maximum atomic E-state index is 15.8. The molecule has 0 radical (unpaired) electrons.